The van der Waals surface area contributed by atoms with Gasteiger partial charge in [0, 0.05) is 16.7 Å². The van der Waals surface area contributed by atoms with Crippen molar-refractivity contribution in [3.63, 3.8) is 0 Å². The Bertz CT molecular complexity index is 1080. The quantitative estimate of drug-likeness (QED) is 0.531. The Hall–Kier alpha value is -3.73. The fraction of sp³-hybridized carbons (Fsp3) is 0. The van der Waals surface area contributed by atoms with Crippen LogP contribution in [0.1, 0.15) is 10.4 Å². The van der Waals surface area contributed by atoms with Gasteiger partial charge in [-0.2, -0.15) is 0 Å². The molecule has 0 unspecified atom stereocenters. The van der Waals surface area contributed by atoms with Crippen LogP contribution in [-0.2, 0) is 0 Å². The number of benzene rings is 3. The maximum absolute atomic E-state index is 14.5. The fourth-order valence-corrected chi connectivity index (χ4v) is 2.85. The summed E-state index contributed by atoms with van der Waals surface area (Å²) in [4.78, 5) is 12.5. The molecule has 3 aromatic carbocycles. The standard InChI is InChI=1S/C22H15FN2O2/c23-18-14-8-7-13-17(18)19-20(15-9-3-1-4-10-15)27-25-21(19)24-22(26)16-11-5-2-6-12-16/h1-14H,(H,24,25,26). The molecule has 1 heterocycles. The van der Waals surface area contributed by atoms with E-state index in [0.717, 1.165) is 5.56 Å². The molecule has 4 nitrogen and oxygen atoms in total. The summed E-state index contributed by atoms with van der Waals surface area (Å²) < 4.78 is 20.0. The van der Waals surface area contributed by atoms with E-state index >= 15 is 0 Å². The average molecular weight is 358 g/mol. The van der Waals surface area contributed by atoms with Crippen molar-refractivity contribution in [2.75, 3.05) is 5.32 Å². The first-order valence-corrected chi connectivity index (χ1v) is 8.40. The molecule has 1 amide bonds. The summed E-state index contributed by atoms with van der Waals surface area (Å²) in [7, 11) is 0. The second-order valence-electron chi connectivity index (χ2n) is 5.90. The lowest BCUT2D eigenvalue weighted by molar-refractivity contribution is 0.102. The van der Waals surface area contributed by atoms with Crippen molar-refractivity contribution in [3.8, 4) is 22.5 Å². The van der Waals surface area contributed by atoms with Crippen LogP contribution >= 0.6 is 0 Å². The van der Waals surface area contributed by atoms with Crippen molar-refractivity contribution in [2.24, 2.45) is 0 Å². The third-order valence-electron chi connectivity index (χ3n) is 4.14. The summed E-state index contributed by atoms with van der Waals surface area (Å²) in [6.45, 7) is 0. The van der Waals surface area contributed by atoms with E-state index in [1.807, 2.05) is 36.4 Å². The molecule has 0 atom stereocenters. The van der Waals surface area contributed by atoms with Crippen molar-refractivity contribution < 1.29 is 13.7 Å². The zero-order valence-electron chi connectivity index (χ0n) is 14.2. The predicted molar refractivity (Wildman–Crippen MR) is 102 cm³/mol. The molecule has 0 bridgehead atoms. The molecular formula is C22H15FN2O2. The van der Waals surface area contributed by atoms with Gasteiger partial charge in [-0.1, -0.05) is 71.9 Å². The number of nitrogens with one attached hydrogen (secondary N) is 1. The van der Waals surface area contributed by atoms with Crippen molar-refractivity contribution in [3.05, 3.63) is 96.3 Å². The van der Waals surface area contributed by atoms with E-state index < -0.39 is 5.82 Å². The third kappa shape index (κ3) is 3.35. The normalized spacial score (nSPS) is 10.6. The van der Waals surface area contributed by atoms with Gasteiger partial charge in [-0.05, 0) is 18.2 Å². The Morgan fingerprint density at radius 2 is 1.48 bits per heavy atom. The van der Waals surface area contributed by atoms with E-state index in [9.17, 15) is 9.18 Å². The SMILES string of the molecule is O=C(Nc1noc(-c2ccccc2)c1-c1ccccc1F)c1ccccc1. The van der Waals surface area contributed by atoms with E-state index in [4.69, 9.17) is 4.52 Å². The van der Waals surface area contributed by atoms with E-state index in [1.165, 1.54) is 6.07 Å². The summed E-state index contributed by atoms with van der Waals surface area (Å²) in [5.41, 5.74) is 1.93. The van der Waals surface area contributed by atoms with E-state index in [2.05, 4.69) is 10.5 Å². The summed E-state index contributed by atoms with van der Waals surface area (Å²) in [6, 6.07) is 24.3. The molecule has 0 saturated carbocycles. The minimum absolute atomic E-state index is 0.174. The molecule has 0 fully saturated rings. The first kappa shape index (κ1) is 16.7. The lowest BCUT2D eigenvalue weighted by Gasteiger charge is -2.07. The number of carbonyl (C=O) groups excluding carboxylic acids is 1. The van der Waals surface area contributed by atoms with Gasteiger partial charge in [0.1, 0.15) is 5.82 Å². The molecule has 1 N–H and O–H groups in total. The molecule has 0 aliphatic heterocycles. The van der Waals surface area contributed by atoms with Gasteiger partial charge >= 0.3 is 0 Å². The molecule has 0 saturated heterocycles. The molecule has 0 radical (unpaired) electrons. The number of hydrogen-bond donors (Lipinski definition) is 1. The molecule has 4 rings (SSSR count). The monoisotopic (exact) mass is 358 g/mol. The number of rotatable bonds is 4. The summed E-state index contributed by atoms with van der Waals surface area (Å²) in [5.74, 6) is -0.203. The molecule has 4 aromatic rings. The predicted octanol–water partition coefficient (Wildman–Crippen LogP) is 5.40. The highest BCUT2D eigenvalue weighted by Gasteiger charge is 2.23. The lowest BCUT2D eigenvalue weighted by Crippen LogP contribution is -2.12. The van der Waals surface area contributed by atoms with Crippen molar-refractivity contribution in [2.45, 2.75) is 0 Å². The number of hydrogen-bond acceptors (Lipinski definition) is 3. The van der Waals surface area contributed by atoms with Crippen LogP contribution in [0.2, 0.25) is 0 Å². The molecule has 0 aliphatic rings. The van der Waals surface area contributed by atoms with E-state index in [-0.39, 0.29) is 11.7 Å². The van der Waals surface area contributed by atoms with Crippen LogP contribution in [0.15, 0.2) is 89.5 Å². The van der Waals surface area contributed by atoms with Crippen molar-refractivity contribution >= 4 is 11.7 Å². The average Bonchev–Trinajstić information content (AvgIpc) is 3.13. The molecule has 132 valence electrons. The number of amides is 1. The molecule has 0 spiro atoms. The zero-order valence-corrected chi connectivity index (χ0v) is 14.2. The van der Waals surface area contributed by atoms with Gasteiger partial charge in [-0.25, -0.2) is 4.39 Å². The summed E-state index contributed by atoms with van der Waals surface area (Å²) >= 11 is 0. The molecule has 0 aliphatic carbocycles. The van der Waals surface area contributed by atoms with Gasteiger partial charge < -0.3 is 9.84 Å². The Kier molecular flexibility index (Phi) is 4.49. The second kappa shape index (κ2) is 7.25. The minimum Gasteiger partial charge on any atom is -0.353 e. The highest BCUT2D eigenvalue weighted by molar-refractivity contribution is 6.06. The largest absolute Gasteiger partial charge is 0.353 e. The highest BCUT2D eigenvalue weighted by Crippen LogP contribution is 2.39. The van der Waals surface area contributed by atoms with Crippen LogP contribution < -0.4 is 5.32 Å². The van der Waals surface area contributed by atoms with Gasteiger partial charge in [0.05, 0.1) is 5.56 Å². The highest BCUT2D eigenvalue weighted by atomic mass is 19.1. The second-order valence-corrected chi connectivity index (χ2v) is 5.90. The number of nitrogens with zero attached hydrogens (tertiary/aromatic N) is 1. The van der Waals surface area contributed by atoms with Crippen LogP contribution in [0.4, 0.5) is 10.2 Å². The van der Waals surface area contributed by atoms with Crippen LogP contribution in [0.25, 0.3) is 22.5 Å². The number of anilines is 1. The Morgan fingerprint density at radius 1 is 0.852 bits per heavy atom. The number of halogens is 1. The topological polar surface area (TPSA) is 55.1 Å². The molecule has 1 aromatic heterocycles. The van der Waals surface area contributed by atoms with Crippen LogP contribution in [0.3, 0.4) is 0 Å². The van der Waals surface area contributed by atoms with E-state index in [1.54, 1.807) is 42.5 Å². The number of carbonyl (C=O) groups is 1. The Labute approximate surface area is 155 Å². The maximum Gasteiger partial charge on any atom is 0.256 e. The lowest BCUT2D eigenvalue weighted by atomic mass is 10.0. The minimum atomic E-state index is -0.423. The van der Waals surface area contributed by atoms with Gasteiger partial charge in [-0.3, -0.25) is 4.79 Å². The van der Waals surface area contributed by atoms with Gasteiger partial charge in [-0.15, -0.1) is 0 Å². The Morgan fingerprint density at radius 3 is 2.19 bits per heavy atom. The Balaban J connectivity index is 1.82. The molecule has 5 heteroatoms. The fourth-order valence-electron chi connectivity index (χ4n) is 2.85. The third-order valence-corrected chi connectivity index (χ3v) is 4.14. The first-order valence-electron chi connectivity index (χ1n) is 8.40. The summed E-state index contributed by atoms with van der Waals surface area (Å²) in [5, 5.41) is 6.73. The van der Waals surface area contributed by atoms with Gasteiger partial charge in [0.15, 0.2) is 11.6 Å². The molecular weight excluding hydrogens is 343 g/mol. The number of aromatic nitrogens is 1. The van der Waals surface area contributed by atoms with Crippen LogP contribution in [0, 0.1) is 5.82 Å². The van der Waals surface area contributed by atoms with E-state index in [0.29, 0.717) is 22.5 Å². The summed E-state index contributed by atoms with van der Waals surface area (Å²) in [6.07, 6.45) is 0. The van der Waals surface area contributed by atoms with Crippen LogP contribution in [0.5, 0.6) is 0 Å². The first-order chi connectivity index (χ1) is 13.2. The van der Waals surface area contributed by atoms with Gasteiger partial charge in [0.25, 0.3) is 5.91 Å². The maximum atomic E-state index is 14.5. The smallest absolute Gasteiger partial charge is 0.256 e. The molecule has 27 heavy (non-hydrogen) atoms. The van der Waals surface area contributed by atoms with Crippen molar-refractivity contribution in [1.82, 2.24) is 5.16 Å². The van der Waals surface area contributed by atoms with Crippen LogP contribution in [-0.4, -0.2) is 11.1 Å². The van der Waals surface area contributed by atoms with Gasteiger partial charge in [0.2, 0.25) is 0 Å². The van der Waals surface area contributed by atoms with Crippen molar-refractivity contribution in [1.29, 1.82) is 0 Å². The zero-order chi connectivity index (χ0) is 18.6.